The van der Waals surface area contributed by atoms with Crippen LogP contribution in [0, 0.1) is 0 Å². The average molecular weight is 489 g/mol. The molecule has 1 N–H and O–H groups in total. The first kappa shape index (κ1) is 24.2. The molecule has 2 aromatic rings. The molecule has 0 atom stereocenters. The van der Waals surface area contributed by atoms with E-state index in [4.69, 9.17) is 0 Å². The zero-order valence-corrected chi connectivity index (χ0v) is 16.3. The van der Waals surface area contributed by atoms with E-state index in [9.17, 15) is 43.2 Å². The number of nitrogens with one attached hydrogen (secondary N) is 1. The molecule has 31 heavy (non-hydrogen) atoms. The fraction of sp³-hybridized carbons (Fsp3) is 0. The highest BCUT2D eigenvalue weighted by atomic mass is 32.3. The lowest BCUT2D eigenvalue weighted by atomic mass is 10.3. The molecule has 0 saturated heterocycles. The van der Waals surface area contributed by atoms with Gasteiger partial charge in [-0.15, -0.1) is 4.13 Å². The minimum absolute atomic E-state index is 0.492. The molecule has 0 aliphatic rings. The van der Waals surface area contributed by atoms with Gasteiger partial charge >= 0.3 is 24.2 Å². The summed E-state index contributed by atoms with van der Waals surface area (Å²) in [7, 11) is -9.43. The van der Waals surface area contributed by atoms with Crippen molar-refractivity contribution in [3.63, 3.8) is 0 Å². The van der Waals surface area contributed by atoms with Gasteiger partial charge < -0.3 is 9.47 Å². The molecule has 168 valence electrons. The summed E-state index contributed by atoms with van der Waals surface area (Å²) in [6.45, 7) is 0. The van der Waals surface area contributed by atoms with Gasteiger partial charge in [0.2, 0.25) is 0 Å². The first-order valence-electron chi connectivity index (χ1n) is 7.58. The minimum atomic E-state index is -4.71. The first-order chi connectivity index (χ1) is 14.3. The molecule has 0 bridgehead atoms. The topological polar surface area (TPSA) is 98.8 Å². The van der Waals surface area contributed by atoms with E-state index < -0.39 is 65.5 Å². The summed E-state index contributed by atoms with van der Waals surface area (Å²) in [5, 5.41) is 0. The van der Waals surface area contributed by atoms with Gasteiger partial charge in [0.1, 0.15) is 11.5 Å². The predicted octanol–water partition coefficient (Wildman–Crippen LogP) is 4.18. The molecule has 0 aliphatic carbocycles. The van der Waals surface area contributed by atoms with E-state index in [1.54, 1.807) is 0 Å². The predicted molar refractivity (Wildman–Crippen MR) is 92.3 cm³/mol. The van der Waals surface area contributed by atoms with Gasteiger partial charge in [0.15, 0.2) is 0 Å². The minimum Gasteiger partial charge on any atom is -0.428 e. The van der Waals surface area contributed by atoms with Crippen LogP contribution in [0.25, 0.3) is 0 Å². The Balaban J connectivity index is 2.20. The Morgan fingerprint density at radius 1 is 0.581 bits per heavy atom. The number of sulfonamides is 2. The molecule has 2 rings (SSSR count). The lowest BCUT2D eigenvalue weighted by Crippen LogP contribution is -2.30. The van der Waals surface area contributed by atoms with E-state index >= 15 is 0 Å². The van der Waals surface area contributed by atoms with Crippen LogP contribution in [0.5, 0.6) is 11.5 Å². The lowest BCUT2D eigenvalue weighted by molar-refractivity contribution is 0.241. The number of benzene rings is 2. The van der Waals surface area contributed by atoms with Gasteiger partial charge in [-0.25, -0.2) is 16.8 Å². The van der Waals surface area contributed by atoms with Crippen molar-refractivity contribution in [2.45, 2.75) is 9.79 Å². The Bertz CT molecular complexity index is 1120. The molecule has 0 saturated carbocycles. The van der Waals surface area contributed by atoms with Crippen LogP contribution in [0.1, 0.15) is 0 Å². The summed E-state index contributed by atoms with van der Waals surface area (Å²) in [4.78, 5) is -1.28. The second-order valence-electron chi connectivity index (χ2n) is 5.31. The molecule has 0 radical (unpaired) electrons. The summed E-state index contributed by atoms with van der Waals surface area (Å²) in [6.07, 6.45) is -5.48. The molecule has 15 heteroatoms. The summed E-state index contributed by atoms with van der Waals surface area (Å²) in [5.74, 6) is -0.984. The molecule has 0 spiro atoms. The Morgan fingerprint density at radius 3 is 1.13 bits per heavy atom. The van der Waals surface area contributed by atoms with Crippen molar-refractivity contribution in [3.05, 3.63) is 72.7 Å². The maximum atomic E-state index is 12.7. The molecule has 0 heterocycles. The molecule has 0 aromatic heterocycles. The van der Waals surface area contributed by atoms with E-state index in [-0.39, 0.29) is 0 Å². The first-order valence-corrected chi connectivity index (χ1v) is 10.5. The van der Waals surface area contributed by atoms with Gasteiger partial charge in [0.25, 0.3) is 20.0 Å². The third-order valence-corrected chi connectivity index (χ3v) is 6.74. The van der Waals surface area contributed by atoms with E-state index in [0.717, 1.165) is 48.5 Å². The number of hydrogen-bond donors (Lipinski definition) is 1. The van der Waals surface area contributed by atoms with E-state index in [2.05, 4.69) is 9.47 Å². The van der Waals surface area contributed by atoms with Crippen molar-refractivity contribution < 1.29 is 52.7 Å². The SMILES string of the molecule is O=S(=O)(NS(=O)(=O)c1ccc(OC(F)=C(F)F)cc1)c1ccc(OC(F)=C(F)F)cc1. The van der Waals surface area contributed by atoms with E-state index in [1.165, 1.54) is 4.13 Å². The second kappa shape index (κ2) is 9.40. The number of ether oxygens (including phenoxy) is 2. The number of halogens is 6. The zero-order chi connectivity index (χ0) is 23.4. The van der Waals surface area contributed by atoms with Crippen LogP contribution < -0.4 is 13.6 Å². The maximum absolute atomic E-state index is 12.7. The zero-order valence-electron chi connectivity index (χ0n) is 14.7. The highest BCUT2D eigenvalue weighted by Crippen LogP contribution is 2.23. The van der Waals surface area contributed by atoms with Crippen molar-refractivity contribution in [3.8, 4) is 11.5 Å². The third-order valence-electron chi connectivity index (χ3n) is 3.20. The van der Waals surface area contributed by atoms with Crippen LogP contribution in [0.4, 0.5) is 26.3 Å². The Morgan fingerprint density at radius 2 is 0.871 bits per heavy atom. The highest BCUT2D eigenvalue weighted by molar-refractivity contribution is 8.04. The summed E-state index contributed by atoms with van der Waals surface area (Å²) in [5.41, 5.74) is 0. The molecular weight excluding hydrogens is 480 g/mol. The van der Waals surface area contributed by atoms with Gasteiger partial charge in [0, 0.05) is 0 Å². The van der Waals surface area contributed by atoms with Gasteiger partial charge in [-0.3, -0.25) is 0 Å². The molecule has 0 fully saturated rings. The third kappa shape index (κ3) is 6.47. The van der Waals surface area contributed by atoms with Crippen molar-refractivity contribution >= 4 is 20.0 Å². The number of hydrogen-bond acceptors (Lipinski definition) is 6. The fourth-order valence-corrected chi connectivity index (χ4v) is 4.81. The normalized spacial score (nSPS) is 11.5. The number of rotatable bonds is 8. The maximum Gasteiger partial charge on any atom is 0.344 e. The van der Waals surface area contributed by atoms with Crippen molar-refractivity contribution in [2.24, 2.45) is 0 Å². The van der Waals surface area contributed by atoms with Gasteiger partial charge in [-0.2, -0.15) is 26.3 Å². The smallest absolute Gasteiger partial charge is 0.344 e. The van der Waals surface area contributed by atoms with Crippen molar-refractivity contribution in [2.75, 3.05) is 0 Å². The lowest BCUT2D eigenvalue weighted by Gasteiger charge is -2.09. The van der Waals surface area contributed by atoms with Crippen LogP contribution in [-0.2, 0) is 20.0 Å². The van der Waals surface area contributed by atoms with E-state index in [0.29, 0.717) is 0 Å². The summed E-state index contributed by atoms with van der Waals surface area (Å²) in [6, 6.07) is 1.81. The molecular formula is C16H9F6NO6S2. The Labute approximate surface area is 171 Å². The van der Waals surface area contributed by atoms with Crippen LogP contribution in [0.15, 0.2) is 82.5 Å². The molecule has 7 nitrogen and oxygen atoms in total. The monoisotopic (exact) mass is 489 g/mol. The highest BCUT2D eigenvalue weighted by Gasteiger charge is 2.25. The van der Waals surface area contributed by atoms with Crippen molar-refractivity contribution in [1.82, 2.24) is 4.13 Å². The fourth-order valence-electron chi connectivity index (χ4n) is 1.90. The van der Waals surface area contributed by atoms with Crippen molar-refractivity contribution in [1.29, 1.82) is 0 Å². The van der Waals surface area contributed by atoms with Crippen LogP contribution in [0.2, 0.25) is 0 Å². The molecule has 0 amide bonds. The Kier molecular flexibility index (Phi) is 7.35. The van der Waals surface area contributed by atoms with Crippen LogP contribution in [0.3, 0.4) is 0 Å². The van der Waals surface area contributed by atoms with Gasteiger partial charge in [-0.1, -0.05) is 0 Å². The van der Waals surface area contributed by atoms with E-state index in [1.807, 2.05) is 0 Å². The molecule has 0 unspecified atom stereocenters. The molecule has 0 aliphatic heterocycles. The quantitative estimate of drug-likeness (QED) is 0.441. The average Bonchev–Trinajstić information content (AvgIpc) is 2.67. The summed E-state index contributed by atoms with van der Waals surface area (Å²) >= 11 is 0. The Hall–Kier alpha value is -3.04. The molecule has 2 aromatic carbocycles. The largest absolute Gasteiger partial charge is 0.428 e. The van der Waals surface area contributed by atoms with Crippen LogP contribution >= 0.6 is 0 Å². The van der Waals surface area contributed by atoms with Crippen LogP contribution in [-0.4, -0.2) is 16.8 Å². The van der Waals surface area contributed by atoms with Gasteiger partial charge in [-0.05, 0) is 48.5 Å². The second-order valence-corrected chi connectivity index (χ2v) is 8.93. The van der Waals surface area contributed by atoms with Gasteiger partial charge in [0.05, 0.1) is 9.79 Å². The summed E-state index contributed by atoms with van der Waals surface area (Å²) < 4.78 is 132. The standard InChI is InChI=1S/C16H9F6NO6S2/c17-13(18)15(21)28-9-1-5-11(6-2-9)30(24,25)23-31(26,27)12-7-3-10(4-8-12)29-16(22)14(19)20/h1-8,23H.